The van der Waals surface area contributed by atoms with E-state index in [1.165, 1.54) is 0 Å². The van der Waals surface area contributed by atoms with Crippen LogP contribution in [-0.2, 0) is 71.2 Å². The van der Waals surface area contributed by atoms with E-state index in [4.69, 9.17) is 73.0 Å². The molecule has 1 aliphatic carbocycles. The number of methoxy groups -OCH3 is 2. The van der Waals surface area contributed by atoms with Crippen molar-refractivity contribution < 1.29 is 76.3 Å². The summed E-state index contributed by atoms with van der Waals surface area (Å²) in [6.07, 6.45) is 2.18. The zero-order chi connectivity index (χ0) is 38.7. The van der Waals surface area contributed by atoms with Crippen LogP contribution in [0.1, 0.15) is 38.5 Å². The second-order valence-corrected chi connectivity index (χ2v) is 12.2. The van der Waals surface area contributed by atoms with E-state index in [2.05, 4.69) is 0 Å². The fourth-order valence-electron chi connectivity index (χ4n) is 4.96. The third-order valence-corrected chi connectivity index (χ3v) is 8.23. The molecule has 18 nitrogen and oxygen atoms in total. The Labute approximate surface area is 314 Å². The molecule has 0 aromatic carbocycles. The predicted octanol–water partition coefficient (Wildman–Crippen LogP) is 0.396. The zero-order valence-corrected chi connectivity index (χ0v) is 32.1. The quantitative estimate of drug-likeness (QED) is 0.0333. The number of carboxylic acids is 1. The summed E-state index contributed by atoms with van der Waals surface area (Å²) in [6, 6.07) is -0.599. The van der Waals surface area contributed by atoms with Crippen LogP contribution in [-0.4, -0.2) is 188 Å². The van der Waals surface area contributed by atoms with Crippen molar-refractivity contribution in [3.8, 4) is 0 Å². The fraction of sp³-hybridized carbons (Fsp3) is 0.943. The van der Waals surface area contributed by atoms with Crippen molar-refractivity contribution in [2.75, 3.05) is 160 Å². The second kappa shape index (κ2) is 33.7. The van der Waals surface area contributed by atoms with Gasteiger partial charge in [0.15, 0.2) is 11.1 Å². The van der Waals surface area contributed by atoms with Gasteiger partial charge in [0.05, 0.1) is 138 Å². The molecule has 0 amide bonds. The molecule has 0 aliphatic heterocycles. The Kier molecular flexibility index (Phi) is 31.4. The van der Waals surface area contributed by atoms with Crippen molar-refractivity contribution in [3.63, 3.8) is 0 Å². The average molecular weight is 773 g/mol. The Morgan fingerprint density at radius 2 is 0.849 bits per heavy atom. The Hall–Kier alpha value is -1.62. The van der Waals surface area contributed by atoms with Crippen molar-refractivity contribution in [3.05, 3.63) is 0 Å². The molecule has 1 rings (SSSR count). The van der Waals surface area contributed by atoms with Crippen molar-refractivity contribution in [1.82, 2.24) is 0 Å². The summed E-state index contributed by atoms with van der Waals surface area (Å²) >= 11 is 0. The fourth-order valence-corrected chi connectivity index (χ4v) is 4.96. The lowest BCUT2D eigenvalue weighted by Crippen LogP contribution is -2.61. The van der Waals surface area contributed by atoms with Crippen LogP contribution in [0.3, 0.4) is 0 Å². The smallest absolute Gasteiger partial charge is 0.325 e. The number of hydrogen-bond donors (Lipinski definition) is 3. The maximum Gasteiger partial charge on any atom is 0.325 e. The minimum atomic E-state index is -1.96. The van der Waals surface area contributed by atoms with E-state index in [-0.39, 0.29) is 52.5 Å². The molecule has 0 radical (unpaired) electrons. The first kappa shape index (κ1) is 49.4. The first-order valence-electron chi connectivity index (χ1n) is 18.6. The van der Waals surface area contributed by atoms with E-state index in [1.54, 1.807) is 14.2 Å². The largest absolute Gasteiger partial charge is 0.480 e. The van der Waals surface area contributed by atoms with E-state index in [1.807, 2.05) is 0 Å². The van der Waals surface area contributed by atoms with Gasteiger partial charge >= 0.3 is 11.9 Å². The summed E-state index contributed by atoms with van der Waals surface area (Å²) in [5.74, 6) is -2.31. The van der Waals surface area contributed by atoms with E-state index in [0.29, 0.717) is 119 Å². The molecule has 314 valence electrons. The van der Waals surface area contributed by atoms with Gasteiger partial charge in [-0.15, -0.1) is 0 Å². The average Bonchev–Trinajstić information content (AvgIpc) is 3.14. The van der Waals surface area contributed by atoms with Gasteiger partial charge in [-0.1, -0.05) is 6.42 Å². The highest BCUT2D eigenvalue weighted by molar-refractivity contribution is 5.99. The molecule has 5 N–H and O–H groups in total. The van der Waals surface area contributed by atoms with Crippen molar-refractivity contribution in [1.29, 1.82) is 0 Å². The summed E-state index contributed by atoms with van der Waals surface area (Å²) < 4.78 is 70.2. The molecule has 1 saturated carbocycles. The standard InChI is InChI=1S/C35H68N2O16/c1-41-11-13-45-19-21-49-27-29-51-25-23-47-17-15-43-9-7-34(32(38)39,33(40)53-35(37)6-4-3-5-31(35)36)8-10-44-16-18-48-24-26-52-30-28-50-22-20-46-14-12-42-2/h31H,3-30,36-37H2,1-2H3,(H,38,39)/t31-,35+/m1/s1. The molecular weight excluding hydrogens is 704 g/mol. The maximum atomic E-state index is 13.6. The minimum absolute atomic E-state index is 0.0340. The molecule has 0 heterocycles. The second-order valence-electron chi connectivity index (χ2n) is 12.2. The van der Waals surface area contributed by atoms with Crippen LogP contribution in [0.5, 0.6) is 0 Å². The Morgan fingerprint density at radius 3 is 1.13 bits per heavy atom. The van der Waals surface area contributed by atoms with Crippen molar-refractivity contribution in [2.24, 2.45) is 16.9 Å². The van der Waals surface area contributed by atoms with E-state index in [0.717, 1.165) is 12.8 Å². The van der Waals surface area contributed by atoms with Crippen LogP contribution in [0.4, 0.5) is 0 Å². The molecule has 0 unspecified atom stereocenters. The molecule has 53 heavy (non-hydrogen) atoms. The highest BCUT2D eigenvalue weighted by atomic mass is 16.6. The van der Waals surface area contributed by atoms with Gasteiger partial charge in [-0.3, -0.25) is 15.3 Å². The molecule has 0 saturated heterocycles. The molecule has 2 atom stereocenters. The van der Waals surface area contributed by atoms with Crippen molar-refractivity contribution in [2.45, 2.75) is 50.3 Å². The summed E-state index contributed by atoms with van der Waals surface area (Å²) in [5, 5.41) is 10.3. The van der Waals surface area contributed by atoms with Gasteiger partial charge in [-0.2, -0.15) is 0 Å². The van der Waals surface area contributed by atoms with Crippen LogP contribution in [0.2, 0.25) is 0 Å². The SMILES string of the molecule is COCCOCCOCCOCCOCCOCCC(CCOCCOCCOCCOCCOCCOC)(C(=O)O)C(=O)O[C@@]1(N)CCCC[C@H]1N. The molecule has 0 bridgehead atoms. The lowest BCUT2D eigenvalue weighted by molar-refractivity contribution is -0.187. The number of carboxylic acid groups (broad SMARTS) is 1. The third-order valence-electron chi connectivity index (χ3n) is 8.23. The van der Waals surface area contributed by atoms with Gasteiger partial charge in [0.2, 0.25) is 0 Å². The number of esters is 1. The van der Waals surface area contributed by atoms with Crippen LogP contribution < -0.4 is 11.5 Å². The number of hydrogen-bond acceptors (Lipinski definition) is 17. The summed E-state index contributed by atoms with van der Waals surface area (Å²) in [7, 11) is 3.24. The molecule has 18 heteroatoms. The van der Waals surface area contributed by atoms with Crippen LogP contribution in [0.25, 0.3) is 0 Å². The van der Waals surface area contributed by atoms with Crippen LogP contribution >= 0.6 is 0 Å². The first-order valence-corrected chi connectivity index (χ1v) is 18.6. The maximum absolute atomic E-state index is 13.6. The number of ether oxygens (including phenoxy) is 13. The number of carbonyl (C=O) groups is 2. The molecule has 0 aromatic heterocycles. The lowest BCUT2D eigenvalue weighted by Gasteiger charge is -2.40. The highest BCUT2D eigenvalue weighted by Crippen LogP contribution is 2.34. The topological polar surface area (TPSA) is 226 Å². The van der Waals surface area contributed by atoms with Gasteiger partial charge < -0.3 is 72.4 Å². The monoisotopic (exact) mass is 772 g/mol. The lowest BCUT2D eigenvalue weighted by atomic mass is 9.80. The number of nitrogens with two attached hydrogens (primary N) is 2. The summed E-state index contributed by atoms with van der Waals surface area (Å²) in [6.45, 7) is 8.16. The van der Waals surface area contributed by atoms with Gasteiger partial charge in [-0.25, -0.2) is 0 Å². The Balaban J connectivity index is 2.35. The normalized spacial score (nSPS) is 17.7. The van der Waals surface area contributed by atoms with Crippen LogP contribution in [0.15, 0.2) is 0 Å². The van der Waals surface area contributed by atoms with Crippen LogP contribution in [0, 0.1) is 5.41 Å². The summed E-state index contributed by atoms with van der Waals surface area (Å²) in [5.41, 5.74) is 9.18. The van der Waals surface area contributed by atoms with E-state index < -0.39 is 29.1 Å². The van der Waals surface area contributed by atoms with E-state index >= 15 is 0 Å². The Bertz CT molecular complexity index is 838. The first-order chi connectivity index (χ1) is 25.8. The molecule has 1 fully saturated rings. The highest BCUT2D eigenvalue weighted by Gasteiger charge is 2.51. The van der Waals surface area contributed by atoms with Gasteiger partial charge in [0.1, 0.15) is 0 Å². The molecular formula is C35H68N2O16. The number of carbonyl (C=O) groups excluding carboxylic acids is 1. The van der Waals surface area contributed by atoms with E-state index in [9.17, 15) is 14.7 Å². The third kappa shape index (κ3) is 24.5. The van der Waals surface area contributed by atoms with Gasteiger partial charge in [-0.05, 0) is 25.7 Å². The molecule has 1 aliphatic rings. The van der Waals surface area contributed by atoms with Crippen molar-refractivity contribution >= 4 is 11.9 Å². The molecule has 0 spiro atoms. The Morgan fingerprint density at radius 1 is 0.547 bits per heavy atom. The van der Waals surface area contributed by atoms with Gasteiger partial charge in [0.25, 0.3) is 0 Å². The number of rotatable bonds is 39. The molecule has 0 aromatic rings. The minimum Gasteiger partial charge on any atom is -0.480 e. The zero-order valence-electron chi connectivity index (χ0n) is 32.1. The predicted molar refractivity (Wildman–Crippen MR) is 191 cm³/mol. The summed E-state index contributed by atoms with van der Waals surface area (Å²) in [4.78, 5) is 26.3. The van der Waals surface area contributed by atoms with Gasteiger partial charge in [0, 0.05) is 33.9 Å². The number of aliphatic carboxylic acids is 1.